The minimum atomic E-state index is -0.0112. The van der Waals surface area contributed by atoms with Gasteiger partial charge in [0.15, 0.2) is 0 Å². The van der Waals surface area contributed by atoms with Crippen molar-refractivity contribution in [2.24, 2.45) is 0 Å². The lowest BCUT2D eigenvalue weighted by Gasteiger charge is -2.48. The molecule has 1 N–H and O–H groups in total. The highest BCUT2D eigenvalue weighted by atomic mass is 16.5. The van der Waals surface area contributed by atoms with E-state index in [4.69, 9.17) is 4.74 Å². The summed E-state index contributed by atoms with van der Waals surface area (Å²) in [6.07, 6.45) is 5.84. The molecular formula is C19H29N3O2. The van der Waals surface area contributed by atoms with Crippen molar-refractivity contribution < 1.29 is 9.53 Å². The van der Waals surface area contributed by atoms with Gasteiger partial charge in [0, 0.05) is 31.0 Å². The number of pyridine rings is 1. The summed E-state index contributed by atoms with van der Waals surface area (Å²) in [5.74, 6) is -0.0112. The molecule has 0 radical (unpaired) electrons. The van der Waals surface area contributed by atoms with E-state index < -0.39 is 0 Å². The molecule has 1 aromatic heterocycles. The number of aryl methyl sites for hydroxylation is 2. The van der Waals surface area contributed by atoms with Gasteiger partial charge in [-0.15, -0.1) is 0 Å². The zero-order valence-electron chi connectivity index (χ0n) is 14.9. The van der Waals surface area contributed by atoms with Crippen LogP contribution >= 0.6 is 0 Å². The lowest BCUT2D eigenvalue weighted by molar-refractivity contribution is -0.0349. The predicted molar refractivity (Wildman–Crippen MR) is 94.3 cm³/mol. The van der Waals surface area contributed by atoms with Gasteiger partial charge >= 0.3 is 0 Å². The van der Waals surface area contributed by atoms with Crippen molar-refractivity contribution in [3.8, 4) is 0 Å². The van der Waals surface area contributed by atoms with Crippen LogP contribution in [-0.2, 0) is 4.74 Å². The summed E-state index contributed by atoms with van der Waals surface area (Å²) in [6, 6.07) is 3.78. The van der Waals surface area contributed by atoms with Crippen LogP contribution in [0.1, 0.15) is 53.8 Å². The first-order valence-corrected chi connectivity index (χ1v) is 9.16. The van der Waals surface area contributed by atoms with Crippen molar-refractivity contribution in [1.29, 1.82) is 0 Å². The van der Waals surface area contributed by atoms with Crippen LogP contribution in [0.4, 0.5) is 0 Å². The number of carbonyl (C=O) groups excluding carboxylic acids is 1. The summed E-state index contributed by atoms with van der Waals surface area (Å²) < 4.78 is 5.59. The zero-order valence-corrected chi connectivity index (χ0v) is 14.9. The Bertz CT molecular complexity index is 576. The summed E-state index contributed by atoms with van der Waals surface area (Å²) in [5, 5.41) is 3.19. The predicted octanol–water partition coefficient (Wildman–Crippen LogP) is 2.46. The van der Waals surface area contributed by atoms with Crippen LogP contribution in [0.25, 0.3) is 0 Å². The number of nitrogens with one attached hydrogen (secondary N) is 1. The van der Waals surface area contributed by atoms with Gasteiger partial charge in [-0.2, -0.15) is 0 Å². The van der Waals surface area contributed by atoms with Gasteiger partial charge in [0.25, 0.3) is 5.91 Å². The minimum Gasteiger partial charge on any atom is -0.381 e. The molecule has 1 aromatic rings. The van der Waals surface area contributed by atoms with Crippen LogP contribution in [0, 0.1) is 13.8 Å². The molecule has 132 valence electrons. The Balaban J connectivity index is 1.69. The largest absolute Gasteiger partial charge is 0.381 e. The van der Waals surface area contributed by atoms with Crippen LogP contribution in [0.3, 0.4) is 0 Å². The smallest absolute Gasteiger partial charge is 0.253 e. The Morgan fingerprint density at radius 3 is 2.58 bits per heavy atom. The molecule has 3 rings (SSSR count). The molecule has 2 aliphatic rings. The first-order valence-electron chi connectivity index (χ1n) is 9.16. The Kier molecular flexibility index (Phi) is 5.51. The number of hydrogen-bond donors (Lipinski definition) is 1. The van der Waals surface area contributed by atoms with E-state index in [0.29, 0.717) is 12.1 Å². The highest BCUT2D eigenvalue weighted by Crippen LogP contribution is 2.30. The fraction of sp³-hybridized carbons (Fsp3) is 0.684. The van der Waals surface area contributed by atoms with Gasteiger partial charge in [0.1, 0.15) is 0 Å². The number of piperidine rings is 1. The number of aromatic nitrogens is 1. The van der Waals surface area contributed by atoms with Crippen LogP contribution in [0.2, 0.25) is 0 Å². The van der Waals surface area contributed by atoms with E-state index in [1.165, 1.54) is 19.3 Å². The Morgan fingerprint density at radius 2 is 1.92 bits per heavy atom. The molecular weight excluding hydrogens is 302 g/mol. The van der Waals surface area contributed by atoms with Crippen LogP contribution < -0.4 is 5.32 Å². The molecule has 0 aromatic carbocycles. The second-order valence-electron chi connectivity index (χ2n) is 7.15. The molecule has 5 heteroatoms. The third kappa shape index (κ3) is 3.78. The Morgan fingerprint density at radius 1 is 1.21 bits per heavy atom. The Labute approximate surface area is 144 Å². The maximum absolute atomic E-state index is 12.6. The molecule has 0 saturated carbocycles. The molecule has 2 aliphatic heterocycles. The van der Waals surface area contributed by atoms with E-state index in [1.54, 1.807) is 0 Å². The van der Waals surface area contributed by atoms with Gasteiger partial charge in [0.05, 0.1) is 11.3 Å². The van der Waals surface area contributed by atoms with E-state index in [1.807, 2.05) is 26.0 Å². The fourth-order valence-electron chi connectivity index (χ4n) is 3.99. The lowest BCUT2D eigenvalue weighted by atomic mass is 9.86. The standard InChI is InChI=1S/C19H29N3O2/c1-15-6-7-17(16(2)21-15)18(23)20-14-19(8-12-24-13-9-19)22-10-4-3-5-11-22/h6-7H,3-5,8-14H2,1-2H3,(H,20,23). The van der Waals surface area contributed by atoms with Gasteiger partial charge in [-0.1, -0.05) is 6.42 Å². The SMILES string of the molecule is Cc1ccc(C(=O)NCC2(N3CCCCC3)CCOCC2)c(C)n1. The van der Waals surface area contributed by atoms with Crippen molar-refractivity contribution in [1.82, 2.24) is 15.2 Å². The molecule has 0 aliphatic carbocycles. The van der Waals surface area contributed by atoms with Crippen LogP contribution in [0.5, 0.6) is 0 Å². The van der Waals surface area contributed by atoms with E-state index in [2.05, 4.69) is 15.2 Å². The normalized spacial score (nSPS) is 21.4. The fourth-order valence-corrected chi connectivity index (χ4v) is 3.99. The summed E-state index contributed by atoms with van der Waals surface area (Å²) in [4.78, 5) is 19.6. The minimum absolute atomic E-state index is 0.0112. The molecule has 1 amide bonds. The van der Waals surface area contributed by atoms with Crippen LogP contribution in [0.15, 0.2) is 12.1 Å². The monoisotopic (exact) mass is 331 g/mol. The number of hydrogen-bond acceptors (Lipinski definition) is 4. The first kappa shape index (κ1) is 17.4. The number of likely N-dealkylation sites (tertiary alicyclic amines) is 1. The number of carbonyl (C=O) groups is 1. The average molecular weight is 331 g/mol. The van der Waals surface area contributed by atoms with Crippen molar-refractivity contribution in [3.63, 3.8) is 0 Å². The van der Waals surface area contributed by atoms with Crippen molar-refractivity contribution >= 4 is 5.91 Å². The molecule has 0 atom stereocenters. The molecule has 0 bridgehead atoms. The van der Waals surface area contributed by atoms with Gasteiger partial charge in [-0.05, 0) is 64.8 Å². The second-order valence-corrected chi connectivity index (χ2v) is 7.15. The second kappa shape index (κ2) is 7.62. The Hall–Kier alpha value is -1.46. The number of rotatable bonds is 4. The summed E-state index contributed by atoms with van der Waals surface area (Å²) >= 11 is 0. The van der Waals surface area contributed by atoms with E-state index in [-0.39, 0.29) is 11.4 Å². The van der Waals surface area contributed by atoms with Gasteiger partial charge in [-0.25, -0.2) is 0 Å². The average Bonchev–Trinajstić information content (AvgIpc) is 2.61. The first-order chi connectivity index (χ1) is 11.6. The summed E-state index contributed by atoms with van der Waals surface area (Å²) in [5.41, 5.74) is 2.48. The van der Waals surface area contributed by atoms with E-state index >= 15 is 0 Å². The van der Waals surface area contributed by atoms with Gasteiger partial charge < -0.3 is 10.1 Å². The highest BCUT2D eigenvalue weighted by molar-refractivity contribution is 5.95. The number of ether oxygens (including phenoxy) is 1. The molecule has 24 heavy (non-hydrogen) atoms. The van der Waals surface area contributed by atoms with Gasteiger partial charge in [-0.3, -0.25) is 14.7 Å². The summed E-state index contributed by atoms with van der Waals surface area (Å²) in [7, 11) is 0. The maximum Gasteiger partial charge on any atom is 0.253 e. The number of amides is 1. The third-order valence-corrected chi connectivity index (χ3v) is 5.50. The topological polar surface area (TPSA) is 54.5 Å². The highest BCUT2D eigenvalue weighted by Gasteiger charge is 2.39. The van der Waals surface area contributed by atoms with Crippen LogP contribution in [-0.4, -0.2) is 54.2 Å². The number of nitrogens with zero attached hydrogens (tertiary/aromatic N) is 2. The molecule has 2 saturated heterocycles. The quantitative estimate of drug-likeness (QED) is 0.921. The van der Waals surface area contributed by atoms with E-state index in [0.717, 1.165) is 50.5 Å². The molecule has 0 spiro atoms. The third-order valence-electron chi connectivity index (χ3n) is 5.50. The molecule has 5 nitrogen and oxygen atoms in total. The van der Waals surface area contributed by atoms with Crippen molar-refractivity contribution in [3.05, 3.63) is 29.1 Å². The van der Waals surface area contributed by atoms with E-state index in [9.17, 15) is 4.79 Å². The van der Waals surface area contributed by atoms with Gasteiger partial charge in [0.2, 0.25) is 0 Å². The van der Waals surface area contributed by atoms with Crippen molar-refractivity contribution in [2.45, 2.75) is 51.5 Å². The molecule has 0 unspecified atom stereocenters. The van der Waals surface area contributed by atoms with Crippen molar-refractivity contribution in [2.75, 3.05) is 32.8 Å². The zero-order chi connectivity index (χ0) is 17.0. The maximum atomic E-state index is 12.6. The molecule has 2 fully saturated rings. The lowest BCUT2D eigenvalue weighted by Crippen LogP contribution is -2.59. The summed E-state index contributed by atoms with van der Waals surface area (Å²) in [6.45, 7) is 8.40. The molecule has 3 heterocycles.